The maximum absolute atomic E-state index is 11.3. The molecule has 0 atom stereocenters. The van der Waals surface area contributed by atoms with E-state index in [-0.39, 0.29) is 5.69 Å². The highest BCUT2D eigenvalue weighted by Gasteiger charge is 2.20. The zero-order chi connectivity index (χ0) is 14.7. The molecule has 0 spiro atoms. The third-order valence-electron chi connectivity index (χ3n) is 3.54. The summed E-state index contributed by atoms with van der Waals surface area (Å²) in [6, 6.07) is 5.92. The normalized spacial score (nSPS) is 10.8. The second-order valence-electron chi connectivity index (χ2n) is 4.92. The van der Waals surface area contributed by atoms with Gasteiger partial charge in [0.15, 0.2) is 5.69 Å². The molecule has 2 aromatic rings. The van der Waals surface area contributed by atoms with Crippen LogP contribution in [0.25, 0.3) is 5.69 Å². The van der Waals surface area contributed by atoms with Crippen molar-refractivity contribution in [2.24, 2.45) is 0 Å². The van der Waals surface area contributed by atoms with E-state index in [1.807, 2.05) is 32.0 Å². The Hall–Kier alpha value is -2.17. The molecule has 1 aromatic carbocycles. The standard InChI is InChI=1S/C15H19N3O2/c1-4-5-8-13-14(15(19)20)16-17-18(13)12-9-6-7-10(2)11(12)3/h6-7,9H,4-5,8H2,1-3H3,(H,19,20). The minimum atomic E-state index is -1.02. The van der Waals surface area contributed by atoms with Crippen molar-refractivity contribution in [3.8, 4) is 5.69 Å². The van der Waals surface area contributed by atoms with Gasteiger partial charge in [0.2, 0.25) is 0 Å². The molecule has 0 saturated carbocycles. The van der Waals surface area contributed by atoms with Gasteiger partial charge in [-0.15, -0.1) is 5.10 Å². The van der Waals surface area contributed by atoms with Gasteiger partial charge in [-0.2, -0.15) is 0 Å². The maximum atomic E-state index is 11.3. The molecular weight excluding hydrogens is 254 g/mol. The fraction of sp³-hybridized carbons (Fsp3) is 0.400. The van der Waals surface area contributed by atoms with E-state index in [1.165, 1.54) is 0 Å². The van der Waals surface area contributed by atoms with Gasteiger partial charge < -0.3 is 5.11 Å². The van der Waals surface area contributed by atoms with Crippen LogP contribution in [0.4, 0.5) is 0 Å². The highest BCUT2D eigenvalue weighted by Crippen LogP contribution is 2.21. The third-order valence-corrected chi connectivity index (χ3v) is 3.54. The number of carboxylic acids is 1. The Labute approximate surface area is 118 Å². The van der Waals surface area contributed by atoms with Crippen molar-refractivity contribution in [1.82, 2.24) is 15.0 Å². The highest BCUT2D eigenvalue weighted by atomic mass is 16.4. The maximum Gasteiger partial charge on any atom is 0.358 e. The van der Waals surface area contributed by atoms with E-state index in [0.29, 0.717) is 12.1 Å². The van der Waals surface area contributed by atoms with Crippen LogP contribution < -0.4 is 0 Å². The van der Waals surface area contributed by atoms with Crippen molar-refractivity contribution < 1.29 is 9.90 Å². The first-order valence-electron chi connectivity index (χ1n) is 6.80. The summed E-state index contributed by atoms with van der Waals surface area (Å²) in [5, 5.41) is 17.1. The van der Waals surface area contributed by atoms with E-state index in [2.05, 4.69) is 17.2 Å². The van der Waals surface area contributed by atoms with Crippen LogP contribution in [0.15, 0.2) is 18.2 Å². The molecule has 0 aliphatic carbocycles. The average molecular weight is 273 g/mol. The van der Waals surface area contributed by atoms with Gasteiger partial charge in [0.1, 0.15) is 0 Å². The number of aromatic carboxylic acids is 1. The zero-order valence-electron chi connectivity index (χ0n) is 12.1. The van der Waals surface area contributed by atoms with Gasteiger partial charge in [0.05, 0.1) is 11.4 Å². The summed E-state index contributed by atoms with van der Waals surface area (Å²) in [7, 11) is 0. The van der Waals surface area contributed by atoms with Crippen molar-refractivity contribution in [3.05, 3.63) is 40.7 Å². The lowest BCUT2D eigenvalue weighted by Gasteiger charge is -2.11. The Bertz CT molecular complexity index is 632. The first kappa shape index (κ1) is 14.2. The second kappa shape index (κ2) is 5.86. The average Bonchev–Trinajstić information content (AvgIpc) is 2.83. The Morgan fingerprint density at radius 1 is 1.35 bits per heavy atom. The van der Waals surface area contributed by atoms with Crippen molar-refractivity contribution in [2.45, 2.75) is 40.0 Å². The molecule has 0 fully saturated rings. The Kier molecular flexibility index (Phi) is 4.17. The Morgan fingerprint density at radius 2 is 2.10 bits per heavy atom. The molecular formula is C15H19N3O2. The van der Waals surface area contributed by atoms with E-state index in [0.717, 1.165) is 29.7 Å². The van der Waals surface area contributed by atoms with Crippen LogP contribution in [-0.4, -0.2) is 26.1 Å². The fourth-order valence-corrected chi connectivity index (χ4v) is 2.19. The smallest absolute Gasteiger partial charge is 0.358 e. The molecule has 0 radical (unpaired) electrons. The molecule has 5 heteroatoms. The number of rotatable bonds is 5. The van der Waals surface area contributed by atoms with Crippen LogP contribution in [0.1, 0.15) is 47.1 Å². The fourth-order valence-electron chi connectivity index (χ4n) is 2.19. The van der Waals surface area contributed by atoms with E-state index in [4.69, 9.17) is 0 Å². The number of aromatic nitrogens is 3. The van der Waals surface area contributed by atoms with Crippen molar-refractivity contribution in [1.29, 1.82) is 0 Å². The highest BCUT2D eigenvalue weighted by molar-refractivity contribution is 5.86. The van der Waals surface area contributed by atoms with Crippen LogP contribution in [-0.2, 0) is 6.42 Å². The van der Waals surface area contributed by atoms with Gasteiger partial charge in [0, 0.05) is 0 Å². The summed E-state index contributed by atoms with van der Waals surface area (Å²) in [5.74, 6) is -1.02. The second-order valence-corrected chi connectivity index (χ2v) is 4.92. The topological polar surface area (TPSA) is 68.0 Å². The zero-order valence-corrected chi connectivity index (χ0v) is 12.1. The monoisotopic (exact) mass is 273 g/mol. The van der Waals surface area contributed by atoms with Gasteiger partial charge in [-0.05, 0) is 43.9 Å². The molecule has 1 heterocycles. The van der Waals surface area contributed by atoms with Gasteiger partial charge in [0.25, 0.3) is 0 Å². The van der Waals surface area contributed by atoms with Crippen molar-refractivity contribution in [3.63, 3.8) is 0 Å². The predicted octanol–water partition coefficient (Wildman–Crippen LogP) is 2.92. The number of aryl methyl sites for hydroxylation is 1. The molecule has 20 heavy (non-hydrogen) atoms. The number of hydrogen-bond donors (Lipinski definition) is 1. The minimum absolute atomic E-state index is 0.0550. The molecule has 5 nitrogen and oxygen atoms in total. The number of carbonyl (C=O) groups is 1. The quantitative estimate of drug-likeness (QED) is 0.909. The Morgan fingerprint density at radius 3 is 2.75 bits per heavy atom. The Balaban J connectivity index is 2.56. The molecule has 0 amide bonds. The van der Waals surface area contributed by atoms with Crippen LogP contribution in [0.5, 0.6) is 0 Å². The summed E-state index contributed by atoms with van der Waals surface area (Å²) in [4.78, 5) is 11.3. The number of carboxylic acid groups (broad SMARTS) is 1. The molecule has 2 rings (SSSR count). The van der Waals surface area contributed by atoms with Gasteiger partial charge >= 0.3 is 5.97 Å². The number of unbranched alkanes of at least 4 members (excludes halogenated alkanes) is 1. The van der Waals surface area contributed by atoms with Crippen LogP contribution >= 0.6 is 0 Å². The minimum Gasteiger partial charge on any atom is -0.476 e. The number of nitrogens with zero attached hydrogens (tertiary/aromatic N) is 3. The van der Waals surface area contributed by atoms with Gasteiger partial charge in [-0.25, -0.2) is 9.48 Å². The molecule has 0 aliphatic heterocycles. The summed E-state index contributed by atoms with van der Waals surface area (Å²) < 4.78 is 1.67. The van der Waals surface area contributed by atoms with Crippen LogP contribution in [0.2, 0.25) is 0 Å². The van der Waals surface area contributed by atoms with Crippen LogP contribution in [0, 0.1) is 13.8 Å². The summed E-state index contributed by atoms with van der Waals surface area (Å²) in [5.41, 5.74) is 3.87. The number of benzene rings is 1. The number of hydrogen-bond acceptors (Lipinski definition) is 3. The SMILES string of the molecule is CCCCc1c(C(=O)O)nnn1-c1cccc(C)c1C. The lowest BCUT2D eigenvalue weighted by atomic mass is 10.1. The van der Waals surface area contributed by atoms with E-state index in [9.17, 15) is 9.90 Å². The van der Waals surface area contributed by atoms with Gasteiger partial charge in [-0.1, -0.05) is 30.7 Å². The van der Waals surface area contributed by atoms with Crippen molar-refractivity contribution >= 4 is 5.97 Å². The molecule has 0 aliphatic rings. The largest absolute Gasteiger partial charge is 0.476 e. The summed E-state index contributed by atoms with van der Waals surface area (Å²) in [6.07, 6.45) is 2.58. The molecule has 0 bridgehead atoms. The lowest BCUT2D eigenvalue weighted by Crippen LogP contribution is -2.08. The lowest BCUT2D eigenvalue weighted by molar-refractivity contribution is 0.0689. The molecule has 106 valence electrons. The molecule has 0 unspecified atom stereocenters. The van der Waals surface area contributed by atoms with E-state index < -0.39 is 5.97 Å². The van der Waals surface area contributed by atoms with Gasteiger partial charge in [-0.3, -0.25) is 0 Å². The first-order valence-corrected chi connectivity index (χ1v) is 6.80. The molecule has 0 saturated heterocycles. The van der Waals surface area contributed by atoms with E-state index >= 15 is 0 Å². The van der Waals surface area contributed by atoms with E-state index in [1.54, 1.807) is 4.68 Å². The van der Waals surface area contributed by atoms with Crippen LogP contribution in [0.3, 0.4) is 0 Å². The molecule has 1 aromatic heterocycles. The predicted molar refractivity (Wildman–Crippen MR) is 76.4 cm³/mol. The third kappa shape index (κ3) is 2.57. The summed E-state index contributed by atoms with van der Waals surface area (Å²) >= 11 is 0. The summed E-state index contributed by atoms with van der Waals surface area (Å²) in [6.45, 7) is 6.11. The first-order chi connectivity index (χ1) is 9.56. The molecule has 1 N–H and O–H groups in total. The van der Waals surface area contributed by atoms with Crippen molar-refractivity contribution in [2.75, 3.05) is 0 Å².